The summed E-state index contributed by atoms with van der Waals surface area (Å²) in [6.45, 7) is 5.73. The third-order valence-electron chi connectivity index (χ3n) is 2.78. The molecule has 0 aromatic heterocycles. The van der Waals surface area contributed by atoms with Gasteiger partial charge in [-0.3, -0.25) is 0 Å². The van der Waals surface area contributed by atoms with Crippen molar-refractivity contribution in [2.45, 2.75) is 26.3 Å². The first-order valence-electron chi connectivity index (χ1n) is 5.77. The fraction of sp³-hybridized carbons (Fsp3) is 0.429. The minimum absolute atomic E-state index is 0.0861. The Morgan fingerprint density at radius 1 is 1.38 bits per heavy atom. The van der Waals surface area contributed by atoms with Crippen LogP contribution >= 0.6 is 0 Å². The molecule has 1 atom stereocenters. The number of anilines is 1. The number of nitrogens with two attached hydrogens (primary N) is 1. The van der Waals surface area contributed by atoms with Crippen LogP contribution in [0.1, 0.15) is 31.9 Å². The van der Waals surface area contributed by atoms with E-state index in [4.69, 9.17) is 12.2 Å². The third kappa shape index (κ3) is 2.77. The Labute approximate surface area is 98.4 Å². The van der Waals surface area contributed by atoms with Gasteiger partial charge < -0.3 is 10.6 Å². The Morgan fingerprint density at radius 2 is 2.06 bits per heavy atom. The highest BCUT2D eigenvalue weighted by Gasteiger charge is 2.12. The average Bonchev–Trinajstić information content (AvgIpc) is 2.35. The highest BCUT2D eigenvalue weighted by Crippen LogP contribution is 2.26. The summed E-state index contributed by atoms with van der Waals surface area (Å²) < 4.78 is 0. The van der Waals surface area contributed by atoms with Crippen LogP contribution in [0.25, 0.3) is 0 Å². The van der Waals surface area contributed by atoms with E-state index in [2.05, 4.69) is 36.8 Å². The Balaban J connectivity index is 3.06. The number of terminal acetylenes is 1. The van der Waals surface area contributed by atoms with Crippen LogP contribution in [0.3, 0.4) is 0 Å². The van der Waals surface area contributed by atoms with Crippen LogP contribution in [0.2, 0.25) is 0 Å². The molecule has 0 aliphatic heterocycles. The number of hydrogen-bond donors (Lipinski definition) is 1. The molecule has 2 heteroatoms. The van der Waals surface area contributed by atoms with Gasteiger partial charge in [-0.05, 0) is 25.0 Å². The molecule has 1 rings (SSSR count). The van der Waals surface area contributed by atoms with Crippen LogP contribution in [-0.2, 0) is 0 Å². The Morgan fingerprint density at radius 3 is 2.62 bits per heavy atom. The van der Waals surface area contributed by atoms with E-state index in [1.165, 1.54) is 5.56 Å². The summed E-state index contributed by atoms with van der Waals surface area (Å²) in [6.07, 6.45) is 6.31. The Hall–Kier alpha value is -1.46. The van der Waals surface area contributed by atoms with E-state index in [1.54, 1.807) is 0 Å². The Kier molecular flexibility index (Phi) is 4.88. The predicted molar refractivity (Wildman–Crippen MR) is 70.4 cm³/mol. The summed E-state index contributed by atoms with van der Waals surface area (Å²) in [4.78, 5) is 2.17. The first kappa shape index (κ1) is 12.6. The van der Waals surface area contributed by atoms with E-state index in [9.17, 15) is 0 Å². The van der Waals surface area contributed by atoms with Gasteiger partial charge in [0.25, 0.3) is 0 Å². The summed E-state index contributed by atoms with van der Waals surface area (Å²) in [5.41, 5.74) is 8.45. The minimum Gasteiger partial charge on any atom is -0.360 e. The fourth-order valence-electron chi connectivity index (χ4n) is 1.79. The van der Waals surface area contributed by atoms with Gasteiger partial charge in [0, 0.05) is 18.3 Å². The lowest BCUT2D eigenvalue weighted by atomic mass is 10.0. The van der Waals surface area contributed by atoms with E-state index < -0.39 is 0 Å². The van der Waals surface area contributed by atoms with Crippen LogP contribution in [-0.4, -0.2) is 13.1 Å². The van der Waals surface area contributed by atoms with Crippen molar-refractivity contribution in [1.82, 2.24) is 0 Å². The molecule has 0 amide bonds. The van der Waals surface area contributed by atoms with Gasteiger partial charge in [-0.1, -0.05) is 31.0 Å². The van der Waals surface area contributed by atoms with Crippen LogP contribution in [0, 0.1) is 12.3 Å². The summed E-state index contributed by atoms with van der Waals surface area (Å²) in [5.74, 6) is 2.69. The molecule has 2 nitrogen and oxygen atoms in total. The van der Waals surface area contributed by atoms with Gasteiger partial charge in [0.1, 0.15) is 0 Å². The summed E-state index contributed by atoms with van der Waals surface area (Å²) in [6, 6.07) is 8.32. The molecular weight excluding hydrogens is 196 g/mol. The maximum atomic E-state index is 6.11. The molecule has 2 N–H and O–H groups in total. The van der Waals surface area contributed by atoms with Gasteiger partial charge in [0.05, 0.1) is 6.54 Å². The van der Waals surface area contributed by atoms with E-state index in [0.29, 0.717) is 6.54 Å². The van der Waals surface area contributed by atoms with E-state index >= 15 is 0 Å². The zero-order valence-corrected chi connectivity index (χ0v) is 10.1. The van der Waals surface area contributed by atoms with E-state index in [-0.39, 0.29) is 6.04 Å². The molecule has 0 heterocycles. The Bertz CT molecular complexity index is 365. The van der Waals surface area contributed by atoms with E-state index in [0.717, 1.165) is 18.7 Å². The molecule has 0 aliphatic rings. The van der Waals surface area contributed by atoms with Crippen LogP contribution in [0.4, 0.5) is 5.69 Å². The van der Waals surface area contributed by atoms with Gasteiger partial charge in [-0.2, -0.15) is 0 Å². The van der Waals surface area contributed by atoms with Crippen molar-refractivity contribution in [3.8, 4) is 12.3 Å². The maximum absolute atomic E-state index is 6.11. The standard InChI is InChI=1S/C14H20N2/c1-4-11-16(6-3)14-10-8-7-9-12(14)13(15)5-2/h1,7-10,13H,5-6,11,15H2,2-3H3/t13-/m0/s1. The second-order valence-electron chi connectivity index (χ2n) is 3.79. The van der Waals surface area contributed by atoms with Crippen molar-refractivity contribution >= 4 is 5.69 Å². The SMILES string of the molecule is C#CCN(CC)c1ccccc1[C@@H](N)CC. The quantitative estimate of drug-likeness (QED) is 0.766. The second kappa shape index (κ2) is 6.19. The summed E-state index contributed by atoms with van der Waals surface area (Å²) >= 11 is 0. The van der Waals surface area contributed by atoms with Crippen molar-refractivity contribution in [1.29, 1.82) is 0 Å². The molecule has 0 aliphatic carbocycles. The summed E-state index contributed by atoms with van der Waals surface area (Å²) in [7, 11) is 0. The minimum atomic E-state index is 0.0861. The van der Waals surface area contributed by atoms with Gasteiger partial charge >= 0.3 is 0 Å². The first-order valence-corrected chi connectivity index (χ1v) is 5.77. The maximum Gasteiger partial charge on any atom is 0.0791 e. The van der Waals surface area contributed by atoms with Crippen LogP contribution in [0.5, 0.6) is 0 Å². The second-order valence-corrected chi connectivity index (χ2v) is 3.79. The highest BCUT2D eigenvalue weighted by atomic mass is 15.1. The normalized spacial score (nSPS) is 11.9. The van der Waals surface area contributed by atoms with Gasteiger partial charge in [-0.25, -0.2) is 0 Å². The molecule has 0 saturated heterocycles. The van der Waals surface area contributed by atoms with Crippen LogP contribution in [0.15, 0.2) is 24.3 Å². The first-order chi connectivity index (χ1) is 7.74. The molecule has 0 radical (unpaired) electrons. The molecule has 16 heavy (non-hydrogen) atoms. The summed E-state index contributed by atoms with van der Waals surface area (Å²) in [5, 5.41) is 0. The molecule has 0 saturated carbocycles. The number of rotatable bonds is 5. The molecule has 0 spiro atoms. The van der Waals surface area contributed by atoms with Gasteiger partial charge in [-0.15, -0.1) is 6.42 Å². The molecule has 1 aromatic carbocycles. The number of nitrogens with zero attached hydrogens (tertiary/aromatic N) is 1. The molecule has 0 unspecified atom stereocenters. The van der Waals surface area contributed by atoms with Gasteiger partial charge in [0.2, 0.25) is 0 Å². The van der Waals surface area contributed by atoms with E-state index in [1.807, 2.05) is 12.1 Å². The highest BCUT2D eigenvalue weighted by molar-refractivity contribution is 5.55. The van der Waals surface area contributed by atoms with Crippen molar-refractivity contribution in [2.75, 3.05) is 18.0 Å². The predicted octanol–water partition coefficient (Wildman–Crippen LogP) is 2.56. The lowest BCUT2D eigenvalue weighted by molar-refractivity contribution is 0.694. The van der Waals surface area contributed by atoms with Crippen molar-refractivity contribution < 1.29 is 0 Å². The third-order valence-corrected chi connectivity index (χ3v) is 2.78. The molecule has 1 aromatic rings. The zero-order valence-electron chi connectivity index (χ0n) is 10.1. The van der Waals surface area contributed by atoms with Crippen LogP contribution < -0.4 is 10.6 Å². The number of para-hydroxylation sites is 1. The topological polar surface area (TPSA) is 29.3 Å². The van der Waals surface area contributed by atoms with Crippen molar-refractivity contribution in [2.24, 2.45) is 5.73 Å². The molecule has 0 bridgehead atoms. The lowest BCUT2D eigenvalue weighted by Crippen LogP contribution is -2.25. The van der Waals surface area contributed by atoms with Crippen molar-refractivity contribution in [3.63, 3.8) is 0 Å². The monoisotopic (exact) mass is 216 g/mol. The fourth-order valence-corrected chi connectivity index (χ4v) is 1.79. The average molecular weight is 216 g/mol. The van der Waals surface area contributed by atoms with Crippen molar-refractivity contribution in [3.05, 3.63) is 29.8 Å². The lowest BCUT2D eigenvalue weighted by Gasteiger charge is -2.25. The molecular formula is C14H20N2. The van der Waals surface area contributed by atoms with Gasteiger partial charge in [0.15, 0.2) is 0 Å². The number of benzene rings is 1. The smallest absolute Gasteiger partial charge is 0.0791 e. The molecule has 0 fully saturated rings. The largest absolute Gasteiger partial charge is 0.360 e. The molecule has 86 valence electrons. The number of hydrogen-bond acceptors (Lipinski definition) is 2. The zero-order chi connectivity index (χ0) is 12.0.